The standard InChI is InChI=1S/C17H20N2OS2/c1-13-18-16(12-22-13)11-21-10-14-4-6-15(7-5-14)17(20)19-8-2-3-9-19/h4-7,12H,2-3,8-11H2,1H3. The van der Waals surface area contributed by atoms with E-state index in [-0.39, 0.29) is 5.91 Å². The highest BCUT2D eigenvalue weighted by molar-refractivity contribution is 7.97. The maximum atomic E-state index is 12.3. The SMILES string of the molecule is Cc1nc(CSCc2ccc(C(=O)N3CCCC3)cc2)cs1. The van der Waals surface area contributed by atoms with Crippen molar-refractivity contribution >= 4 is 29.0 Å². The molecule has 22 heavy (non-hydrogen) atoms. The third kappa shape index (κ3) is 3.90. The zero-order valence-electron chi connectivity index (χ0n) is 12.7. The van der Waals surface area contributed by atoms with E-state index >= 15 is 0 Å². The van der Waals surface area contributed by atoms with Crippen LogP contribution in [0.15, 0.2) is 29.6 Å². The van der Waals surface area contributed by atoms with Gasteiger partial charge in [-0.3, -0.25) is 4.79 Å². The first-order valence-electron chi connectivity index (χ1n) is 7.59. The Balaban J connectivity index is 1.51. The van der Waals surface area contributed by atoms with Crippen LogP contribution in [-0.4, -0.2) is 28.9 Å². The quantitative estimate of drug-likeness (QED) is 0.826. The first-order chi connectivity index (χ1) is 10.7. The van der Waals surface area contributed by atoms with E-state index in [1.54, 1.807) is 11.3 Å². The number of carbonyl (C=O) groups is 1. The second kappa shape index (κ2) is 7.29. The Morgan fingerprint density at radius 2 is 1.95 bits per heavy atom. The fourth-order valence-electron chi connectivity index (χ4n) is 2.59. The highest BCUT2D eigenvalue weighted by Gasteiger charge is 2.19. The molecule has 1 saturated heterocycles. The third-order valence-electron chi connectivity index (χ3n) is 3.78. The third-order valence-corrected chi connectivity index (χ3v) is 5.64. The van der Waals surface area contributed by atoms with E-state index in [4.69, 9.17) is 0 Å². The van der Waals surface area contributed by atoms with Crippen LogP contribution >= 0.6 is 23.1 Å². The van der Waals surface area contributed by atoms with Crippen molar-refractivity contribution in [3.8, 4) is 0 Å². The first-order valence-corrected chi connectivity index (χ1v) is 9.63. The number of amides is 1. The number of thiazole rings is 1. The van der Waals surface area contributed by atoms with Crippen LogP contribution in [0.3, 0.4) is 0 Å². The number of hydrogen-bond donors (Lipinski definition) is 0. The minimum absolute atomic E-state index is 0.176. The number of hydrogen-bond acceptors (Lipinski definition) is 4. The molecule has 116 valence electrons. The van der Waals surface area contributed by atoms with Gasteiger partial charge in [0.05, 0.1) is 10.7 Å². The summed E-state index contributed by atoms with van der Waals surface area (Å²) in [5.41, 5.74) is 3.23. The van der Waals surface area contributed by atoms with Gasteiger partial charge < -0.3 is 4.90 Å². The van der Waals surface area contributed by atoms with E-state index in [2.05, 4.69) is 22.5 Å². The number of aromatic nitrogens is 1. The second-order valence-corrected chi connectivity index (χ2v) is 7.59. The predicted octanol–water partition coefficient (Wildman–Crippen LogP) is 4.12. The van der Waals surface area contributed by atoms with Crippen LogP contribution in [0.2, 0.25) is 0 Å². The summed E-state index contributed by atoms with van der Waals surface area (Å²) >= 11 is 3.56. The molecular formula is C17H20N2OS2. The summed E-state index contributed by atoms with van der Waals surface area (Å²) in [7, 11) is 0. The van der Waals surface area contributed by atoms with Gasteiger partial charge in [0.2, 0.25) is 0 Å². The van der Waals surface area contributed by atoms with Gasteiger partial charge >= 0.3 is 0 Å². The van der Waals surface area contributed by atoms with E-state index in [1.165, 1.54) is 5.56 Å². The average molecular weight is 332 g/mol. The molecule has 1 aliphatic rings. The van der Waals surface area contributed by atoms with Gasteiger partial charge in [-0.05, 0) is 37.5 Å². The Morgan fingerprint density at radius 3 is 2.59 bits per heavy atom. The highest BCUT2D eigenvalue weighted by atomic mass is 32.2. The van der Waals surface area contributed by atoms with Gasteiger partial charge in [0.25, 0.3) is 5.91 Å². The first kappa shape index (κ1) is 15.6. The summed E-state index contributed by atoms with van der Waals surface area (Å²) in [5.74, 6) is 2.07. The van der Waals surface area contributed by atoms with Crippen molar-refractivity contribution in [1.29, 1.82) is 0 Å². The molecule has 3 nitrogen and oxygen atoms in total. The van der Waals surface area contributed by atoms with Gasteiger partial charge in [-0.1, -0.05) is 12.1 Å². The van der Waals surface area contributed by atoms with Crippen LogP contribution in [-0.2, 0) is 11.5 Å². The van der Waals surface area contributed by atoms with E-state index in [9.17, 15) is 4.79 Å². The minimum atomic E-state index is 0.176. The Morgan fingerprint density at radius 1 is 1.23 bits per heavy atom. The molecule has 1 fully saturated rings. The molecule has 0 N–H and O–H groups in total. The lowest BCUT2D eigenvalue weighted by molar-refractivity contribution is 0.0793. The molecule has 2 aromatic rings. The average Bonchev–Trinajstić information content (AvgIpc) is 3.19. The fraction of sp³-hybridized carbons (Fsp3) is 0.412. The van der Waals surface area contributed by atoms with Crippen molar-refractivity contribution in [2.24, 2.45) is 0 Å². The van der Waals surface area contributed by atoms with Gasteiger partial charge in [0.15, 0.2) is 0 Å². The summed E-state index contributed by atoms with van der Waals surface area (Å²) in [6.45, 7) is 3.85. The van der Waals surface area contributed by atoms with Crippen LogP contribution in [0.5, 0.6) is 0 Å². The molecule has 2 heterocycles. The molecule has 0 aliphatic carbocycles. The van der Waals surface area contributed by atoms with Crippen molar-refractivity contribution in [1.82, 2.24) is 9.88 Å². The number of benzene rings is 1. The van der Waals surface area contributed by atoms with Crippen molar-refractivity contribution in [2.45, 2.75) is 31.3 Å². The number of likely N-dealkylation sites (tertiary alicyclic amines) is 1. The Labute approximate surface area is 139 Å². The maximum absolute atomic E-state index is 12.3. The zero-order chi connectivity index (χ0) is 15.4. The Bertz CT molecular complexity index is 630. The van der Waals surface area contributed by atoms with Crippen LogP contribution in [0.1, 0.15) is 39.5 Å². The number of carbonyl (C=O) groups excluding carboxylic acids is 1. The van der Waals surface area contributed by atoms with Crippen molar-refractivity contribution in [3.05, 3.63) is 51.5 Å². The van der Waals surface area contributed by atoms with Gasteiger partial charge in [0.1, 0.15) is 0 Å². The van der Waals surface area contributed by atoms with E-state index < -0.39 is 0 Å². The number of aryl methyl sites for hydroxylation is 1. The molecule has 1 aromatic heterocycles. The van der Waals surface area contributed by atoms with Gasteiger partial charge in [-0.25, -0.2) is 4.98 Å². The monoisotopic (exact) mass is 332 g/mol. The van der Waals surface area contributed by atoms with Crippen molar-refractivity contribution in [2.75, 3.05) is 13.1 Å². The van der Waals surface area contributed by atoms with Gasteiger partial charge in [-0.2, -0.15) is 11.8 Å². The summed E-state index contributed by atoms with van der Waals surface area (Å²) in [4.78, 5) is 18.7. The lowest BCUT2D eigenvalue weighted by Gasteiger charge is -2.15. The predicted molar refractivity (Wildman–Crippen MR) is 93.4 cm³/mol. The Hall–Kier alpha value is -1.33. The van der Waals surface area contributed by atoms with Gasteiger partial charge in [-0.15, -0.1) is 11.3 Å². The molecule has 0 unspecified atom stereocenters. The molecule has 0 atom stereocenters. The van der Waals surface area contributed by atoms with E-state index in [0.29, 0.717) is 0 Å². The zero-order valence-corrected chi connectivity index (χ0v) is 14.4. The lowest BCUT2D eigenvalue weighted by atomic mass is 10.1. The maximum Gasteiger partial charge on any atom is 0.253 e. The molecule has 0 radical (unpaired) electrons. The van der Waals surface area contributed by atoms with Crippen LogP contribution in [0.25, 0.3) is 0 Å². The molecule has 1 aromatic carbocycles. The lowest BCUT2D eigenvalue weighted by Crippen LogP contribution is -2.27. The van der Waals surface area contributed by atoms with Crippen LogP contribution in [0, 0.1) is 6.92 Å². The Kier molecular flexibility index (Phi) is 5.16. The summed E-state index contributed by atoms with van der Waals surface area (Å²) < 4.78 is 0. The smallest absolute Gasteiger partial charge is 0.253 e. The molecule has 1 amide bonds. The van der Waals surface area contributed by atoms with Crippen molar-refractivity contribution in [3.63, 3.8) is 0 Å². The summed E-state index contributed by atoms with van der Waals surface area (Å²) in [5, 5.41) is 3.25. The van der Waals surface area contributed by atoms with Crippen LogP contribution in [0.4, 0.5) is 0 Å². The number of thioether (sulfide) groups is 1. The number of rotatable bonds is 5. The van der Waals surface area contributed by atoms with Crippen molar-refractivity contribution < 1.29 is 4.79 Å². The molecule has 0 spiro atoms. The fourth-order valence-corrected chi connectivity index (χ4v) is 4.20. The van der Waals surface area contributed by atoms with Crippen LogP contribution < -0.4 is 0 Å². The molecule has 1 aliphatic heterocycles. The van der Waals surface area contributed by atoms with E-state index in [1.807, 2.05) is 35.7 Å². The largest absolute Gasteiger partial charge is 0.339 e. The summed E-state index contributed by atoms with van der Waals surface area (Å²) in [6.07, 6.45) is 2.27. The topological polar surface area (TPSA) is 33.2 Å². The highest BCUT2D eigenvalue weighted by Crippen LogP contribution is 2.20. The summed E-state index contributed by atoms with van der Waals surface area (Å²) in [6, 6.07) is 8.07. The molecular weight excluding hydrogens is 312 g/mol. The molecule has 5 heteroatoms. The number of nitrogens with zero attached hydrogens (tertiary/aromatic N) is 2. The normalized spacial score (nSPS) is 14.5. The molecule has 0 bridgehead atoms. The second-order valence-electron chi connectivity index (χ2n) is 5.55. The minimum Gasteiger partial charge on any atom is -0.339 e. The van der Waals surface area contributed by atoms with E-state index in [0.717, 1.165) is 53.7 Å². The molecule has 0 saturated carbocycles. The van der Waals surface area contributed by atoms with Gasteiger partial charge in [0, 0.05) is 35.5 Å². The molecule has 3 rings (SSSR count).